The van der Waals surface area contributed by atoms with Crippen molar-refractivity contribution in [3.05, 3.63) is 36.5 Å². The molecule has 0 aliphatic heterocycles. The van der Waals surface area contributed by atoms with Crippen molar-refractivity contribution >= 4 is 5.78 Å². The molecule has 0 radical (unpaired) electrons. The molecule has 5 nitrogen and oxygen atoms in total. The van der Waals surface area contributed by atoms with Gasteiger partial charge in [-0.2, -0.15) is 5.10 Å². The second kappa shape index (κ2) is 5.00. The van der Waals surface area contributed by atoms with Crippen LogP contribution in [0.25, 0.3) is 17.0 Å². The van der Waals surface area contributed by atoms with Gasteiger partial charge in [0, 0.05) is 37.4 Å². The fourth-order valence-corrected chi connectivity index (χ4v) is 1.79. The first-order valence-corrected chi connectivity index (χ1v) is 6.04. The van der Waals surface area contributed by atoms with Crippen molar-refractivity contribution in [2.24, 2.45) is 7.05 Å². The monoisotopic (exact) mass is 243 g/mol. The molecule has 94 valence electrons. The Labute approximate surface area is 106 Å². The Balaban J connectivity index is 0.000000574. The maximum atomic E-state index is 4.31. The zero-order valence-corrected chi connectivity index (χ0v) is 11.1. The van der Waals surface area contributed by atoms with Gasteiger partial charge in [0.15, 0.2) is 0 Å². The van der Waals surface area contributed by atoms with E-state index in [4.69, 9.17) is 0 Å². The second-order valence-corrected chi connectivity index (χ2v) is 3.77. The summed E-state index contributed by atoms with van der Waals surface area (Å²) >= 11 is 0. The first kappa shape index (κ1) is 12.3. The molecule has 0 N–H and O–H groups in total. The number of aromatic nitrogens is 5. The summed E-state index contributed by atoms with van der Waals surface area (Å²) < 4.78 is 3.75. The largest absolute Gasteiger partial charge is 0.290 e. The minimum Gasteiger partial charge on any atom is -0.290 e. The van der Waals surface area contributed by atoms with E-state index < -0.39 is 0 Å². The van der Waals surface area contributed by atoms with Crippen LogP contribution < -0.4 is 0 Å². The van der Waals surface area contributed by atoms with E-state index >= 15 is 0 Å². The van der Waals surface area contributed by atoms with Crippen LogP contribution in [0.5, 0.6) is 0 Å². The minimum atomic E-state index is 0.725. The first-order valence-electron chi connectivity index (χ1n) is 6.04. The number of aryl methyl sites for hydroxylation is 2. The molecule has 0 amide bonds. The van der Waals surface area contributed by atoms with Crippen LogP contribution in [0.2, 0.25) is 0 Å². The molecule has 0 aromatic carbocycles. The molecule has 3 aromatic heterocycles. The zero-order valence-electron chi connectivity index (χ0n) is 11.1. The van der Waals surface area contributed by atoms with Gasteiger partial charge in [0.1, 0.15) is 0 Å². The molecule has 0 bridgehead atoms. The summed E-state index contributed by atoms with van der Waals surface area (Å²) in [6.45, 7) is 5.96. The van der Waals surface area contributed by atoms with Crippen molar-refractivity contribution in [3.8, 4) is 11.3 Å². The Kier molecular flexibility index (Phi) is 3.41. The Bertz CT molecular complexity index is 650. The fraction of sp³-hybridized carbons (Fsp3) is 0.308. The molecule has 5 heteroatoms. The molecule has 0 fully saturated rings. The van der Waals surface area contributed by atoms with E-state index in [9.17, 15) is 0 Å². The molecule has 0 atom stereocenters. The molecule has 0 saturated heterocycles. The highest BCUT2D eigenvalue weighted by Gasteiger charge is 2.05. The van der Waals surface area contributed by atoms with E-state index in [0.29, 0.717) is 0 Å². The van der Waals surface area contributed by atoms with Crippen LogP contribution in [0.4, 0.5) is 0 Å². The van der Waals surface area contributed by atoms with Gasteiger partial charge in [0.05, 0.1) is 11.4 Å². The van der Waals surface area contributed by atoms with Gasteiger partial charge in [0.25, 0.3) is 0 Å². The van der Waals surface area contributed by atoms with Crippen molar-refractivity contribution < 1.29 is 0 Å². The summed E-state index contributed by atoms with van der Waals surface area (Å²) in [5.41, 5.74) is 3.04. The Morgan fingerprint density at radius 2 is 1.94 bits per heavy atom. The van der Waals surface area contributed by atoms with E-state index in [2.05, 4.69) is 15.1 Å². The smallest absolute Gasteiger partial charge is 0.233 e. The van der Waals surface area contributed by atoms with Gasteiger partial charge >= 0.3 is 0 Å². The molecule has 3 heterocycles. The average Bonchev–Trinajstić information content (AvgIpc) is 2.95. The Hall–Kier alpha value is -2.17. The number of imidazole rings is 1. The van der Waals surface area contributed by atoms with Crippen LogP contribution in [0, 0.1) is 6.92 Å². The Morgan fingerprint density at radius 3 is 2.61 bits per heavy atom. The van der Waals surface area contributed by atoms with Gasteiger partial charge < -0.3 is 0 Å². The highest BCUT2D eigenvalue weighted by Crippen LogP contribution is 2.17. The van der Waals surface area contributed by atoms with E-state index in [-0.39, 0.29) is 0 Å². The molecule has 0 spiro atoms. The lowest BCUT2D eigenvalue weighted by atomic mass is 10.2. The van der Waals surface area contributed by atoms with Crippen molar-refractivity contribution in [2.45, 2.75) is 20.8 Å². The zero-order chi connectivity index (χ0) is 13.1. The molecule has 0 saturated carbocycles. The van der Waals surface area contributed by atoms with Gasteiger partial charge in [-0.3, -0.25) is 9.08 Å². The third kappa shape index (κ3) is 2.11. The predicted molar refractivity (Wildman–Crippen MR) is 71.3 cm³/mol. The number of hydrogen-bond acceptors (Lipinski definition) is 3. The van der Waals surface area contributed by atoms with Gasteiger partial charge in [0.2, 0.25) is 5.78 Å². The molecule has 0 aliphatic rings. The van der Waals surface area contributed by atoms with Crippen LogP contribution in [0.15, 0.2) is 30.9 Å². The molecule has 3 rings (SSSR count). The summed E-state index contributed by atoms with van der Waals surface area (Å²) in [7, 11) is 1.92. The van der Waals surface area contributed by atoms with E-state index in [0.717, 1.165) is 22.7 Å². The standard InChI is InChI=1S/C11H11N5.C2H6/c1-8-6-16-7-9(5-12-11(16)14-8)10-3-4-13-15(10)2;1-2/h3-7H,1-2H3;1-2H3. The molecule has 18 heavy (non-hydrogen) atoms. The molecular formula is C13H17N5. The van der Waals surface area contributed by atoms with E-state index in [1.54, 1.807) is 6.20 Å². The Morgan fingerprint density at radius 1 is 1.17 bits per heavy atom. The quantitative estimate of drug-likeness (QED) is 0.659. The van der Waals surface area contributed by atoms with Crippen molar-refractivity contribution in [3.63, 3.8) is 0 Å². The molecule has 3 aromatic rings. The van der Waals surface area contributed by atoms with Gasteiger partial charge in [-0.05, 0) is 13.0 Å². The normalized spacial score (nSPS) is 10.2. The SMILES string of the molecule is CC.Cc1cn2cc(-c3ccnn3C)cnc2n1. The van der Waals surface area contributed by atoms with Crippen LogP contribution >= 0.6 is 0 Å². The highest BCUT2D eigenvalue weighted by molar-refractivity contribution is 5.58. The lowest BCUT2D eigenvalue weighted by Gasteiger charge is -2.01. The topological polar surface area (TPSA) is 48.0 Å². The molecule has 0 unspecified atom stereocenters. The van der Waals surface area contributed by atoms with Crippen LogP contribution in [0.1, 0.15) is 19.5 Å². The van der Waals surface area contributed by atoms with E-state index in [1.807, 2.05) is 61.6 Å². The lowest BCUT2D eigenvalue weighted by Crippen LogP contribution is -1.96. The van der Waals surface area contributed by atoms with Crippen LogP contribution in [-0.2, 0) is 7.05 Å². The van der Waals surface area contributed by atoms with E-state index in [1.165, 1.54) is 0 Å². The summed E-state index contributed by atoms with van der Waals surface area (Å²) in [4.78, 5) is 8.60. The van der Waals surface area contributed by atoms with Crippen molar-refractivity contribution in [1.29, 1.82) is 0 Å². The van der Waals surface area contributed by atoms with Crippen LogP contribution in [-0.4, -0.2) is 24.1 Å². The maximum absolute atomic E-state index is 4.31. The summed E-state index contributed by atoms with van der Waals surface area (Å²) in [6.07, 6.45) is 7.57. The second-order valence-electron chi connectivity index (χ2n) is 3.77. The summed E-state index contributed by atoms with van der Waals surface area (Å²) in [6, 6.07) is 1.96. The third-order valence-electron chi connectivity index (χ3n) is 2.55. The van der Waals surface area contributed by atoms with Crippen molar-refractivity contribution in [1.82, 2.24) is 24.1 Å². The average molecular weight is 243 g/mol. The fourth-order valence-electron chi connectivity index (χ4n) is 1.79. The first-order chi connectivity index (χ1) is 8.74. The lowest BCUT2D eigenvalue weighted by molar-refractivity contribution is 0.774. The maximum Gasteiger partial charge on any atom is 0.233 e. The highest BCUT2D eigenvalue weighted by atomic mass is 15.3. The number of fused-ring (bicyclic) bond motifs is 1. The van der Waals surface area contributed by atoms with Gasteiger partial charge in [-0.25, -0.2) is 9.97 Å². The van der Waals surface area contributed by atoms with Gasteiger partial charge in [-0.15, -0.1) is 0 Å². The molecular weight excluding hydrogens is 226 g/mol. The number of hydrogen-bond donors (Lipinski definition) is 0. The minimum absolute atomic E-state index is 0.725. The summed E-state index contributed by atoms with van der Waals surface area (Å²) in [5.74, 6) is 0.725. The van der Waals surface area contributed by atoms with Crippen molar-refractivity contribution in [2.75, 3.05) is 0 Å². The summed E-state index contributed by atoms with van der Waals surface area (Å²) in [5, 5.41) is 4.14. The van der Waals surface area contributed by atoms with Crippen LogP contribution in [0.3, 0.4) is 0 Å². The number of nitrogens with zero attached hydrogens (tertiary/aromatic N) is 5. The van der Waals surface area contributed by atoms with Gasteiger partial charge in [-0.1, -0.05) is 13.8 Å². The number of rotatable bonds is 1. The predicted octanol–water partition coefficient (Wildman–Crippen LogP) is 2.46. The third-order valence-corrected chi connectivity index (χ3v) is 2.55. The molecule has 0 aliphatic carbocycles.